The van der Waals surface area contributed by atoms with Crippen molar-refractivity contribution in [3.8, 4) is 23.8 Å². The number of benzene rings is 2. The molecule has 3 rings (SSSR count). The maximum atomic E-state index is 12.3. The predicted octanol–water partition coefficient (Wildman–Crippen LogP) is 4.24. The molecule has 1 amide bonds. The molecule has 0 saturated heterocycles. The molecule has 0 saturated carbocycles. The highest BCUT2D eigenvalue weighted by atomic mass is 35.5. The molecule has 0 radical (unpaired) electrons. The van der Waals surface area contributed by atoms with Gasteiger partial charge < -0.3 is 14.8 Å². The summed E-state index contributed by atoms with van der Waals surface area (Å²) in [6.07, 6.45) is 7.04. The summed E-state index contributed by atoms with van der Waals surface area (Å²) >= 11 is 5.98. The van der Waals surface area contributed by atoms with E-state index in [1.165, 1.54) is 0 Å². The Morgan fingerprint density at radius 3 is 2.80 bits per heavy atom. The minimum atomic E-state index is -0.164. The Morgan fingerprint density at radius 2 is 2.04 bits per heavy atom. The third kappa shape index (κ3) is 3.62. The number of terminal acetylenes is 1. The quantitative estimate of drug-likeness (QED) is 0.646. The fraction of sp³-hybridized carbons (Fsp3) is 0.150. The minimum absolute atomic E-state index is 0.164. The highest BCUT2D eigenvalue weighted by Gasteiger charge is 2.24. The zero-order valence-electron chi connectivity index (χ0n) is 13.6. The standard InChI is InChI=1S/C20H16ClNO3/c1-3-9-25-18-8-5-13(11-19(18)24-4-2)10-16-15-7-6-14(21)12-17(15)22-20(16)23/h1,5-8,10-12H,4,9H2,2H3,(H,22,23)/b16-10+. The van der Waals surface area contributed by atoms with E-state index in [2.05, 4.69) is 11.2 Å². The van der Waals surface area contributed by atoms with Crippen LogP contribution >= 0.6 is 11.6 Å². The van der Waals surface area contributed by atoms with Crippen molar-refractivity contribution in [2.75, 3.05) is 18.5 Å². The number of amides is 1. The van der Waals surface area contributed by atoms with Crippen LogP contribution in [-0.2, 0) is 4.79 Å². The van der Waals surface area contributed by atoms with Crippen LogP contribution in [0.15, 0.2) is 36.4 Å². The lowest BCUT2D eigenvalue weighted by Gasteiger charge is -2.11. The van der Waals surface area contributed by atoms with Gasteiger partial charge in [-0.3, -0.25) is 4.79 Å². The zero-order valence-corrected chi connectivity index (χ0v) is 14.4. The molecule has 4 nitrogen and oxygen atoms in total. The Balaban J connectivity index is 1.97. The summed E-state index contributed by atoms with van der Waals surface area (Å²) in [5, 5.41) is 3.40. The molecule has 0 spiro atoms. The largest absolute Gasteiger partial charge is 0.490 e. The first kappa shape index (κ1) is 16.9. The van der Waals surface area contributed by atoms with E-state index in [0.717, 1.165) is 11.1 Å². The maximum absolute atomic E-state index is 12.3. The molecular weight excluding hydrogens is 338 g/mol. The molecule has 0 unspecified atom stereocenters. The van der Waals surface area contributed by atoms with Crippen molar-refractivity contribution in [2.24, 2.45) is 0 Å². The average Bonchev–Trinajstić information content (AvgIpc) is 2.89. The van der Waals surface area contributed by atoms with Crippen molar-refractivity contribution in [3.63, 3.8) is 0 Å². The van der Waals surface area contributed by atoms with Crippen LogP contribution < -0.4 is 14.8 Å². The molecule has 1 N–H and O–H groups in total. The van der Waals surface area contributed by atoms with Crippen LogP contribution in [0.5, 0.6) is 11.5 Å². The number of carbonyl (C=O) groups is 1. The molecule has 25 heavy (non-hydrogen) atoms. The van der Waals surface area contributed by atoms with Crippen LogP contribution in [0, 0.1) is 12.3 Å². The van der Waals surface area contributed by atoms with Crippen molar-refractivity contribution in [1.29, 1.82) is 0 Å². The van der Waals surface area contributed by atoms with Crippen molar-refractivity contribution in [3.05, 3.63) is 52.5 Å². The number of ether oxygens (including phenoxy) is 2. The summed E-state index contributed by atoms with van der Waals surface area (Å²) in [4.78, 5) is 12.3. The molecule has 0 fully saturated rings. The molecule has 1 aliphatic rings. The van der Waals surface area contributed by atoms with Crippen molar-refractivity contribution >= 4 is 34.8 Å². The molecular formula is C20H16ClNO3. The van der Waals surface area contributed by atoms with Gasteiger partial charge in [-0.05, 0) is 42.8 Å². The van der Waals surface area contributed by atoms with Gasteiger partial charge in [0.15, 0.2) is 11.5 Å². The molecule has 2 aromatic rings. The molecule has 2 aromatic carbocycles. The molecule has 1 aliphatic heterocycles. The summed E-state index contributed by atoms with van der Waals surface area (Å²) in [5.41, 5.74) is 2.93. The van der Waals surface area contributed by atoms with Gasteiger partial charge in [0.2, 0.25) is 0 Å². The van der Waals surface area contributed by atoms with Crippen LogP contribution in [0.2, 0.25) is 5.02 Å². The second kappa shape index (κ2) is 7.33. The van der Waals surface area contributed by atoms with E-state index in [0.29, 0.717) is 34.4 Å². The predicted molar refractivity (Wildman–Crippen MR) is 99.9 cm³/mol. The Hall–Kier alpha value is -2.90. The fourth-order valence-electron chi connectivity index (χ4n) is 2.60. The summed E-state index contributed by atoms with van der Waals surface area (Å²) in [6.45, 7) is 2.55. The summed E-state index contributed by atoms with van der Waals surface area (Å²) in [5.74, 6) is 3.42. The van der Waals surface area contributed by atoms with Gasteiger partial charge in [-0.15, -0.1) is 6.42 Å². The van der Waals surface area contributed by atoms with Gasteiger partial charge >= 0.3 is 0 Å². The maximum Gasteiger partial charge on any atom is 0.256 e. The van der Waals surface area contributed by atoms with Crippen molar-refractivity contribution in [1.82, 2.24) is 0 Å². The topological polar surface area (TPSA) is 47.6 Å². The number of fused-ring (bicyclic) bond motifs is 1. The SMILES string of the molecule is C#CCOc1ccc(/C=C2/C(=O)Nc3cc(Cl)ccc32)cc1OCC. The van der Waals surface area contributed by atoms with E-state index < -0.39 is 0 Å². The second-order valence-electron chi connectivity index (χ2n) is 5.33. The summed E-state index contributed by atoms with van der Waals surface area (Å²) in [6, 6.07) is 10.8. The zero-order chi connectivity index (χ0) is 17.8. The van der Waals surface area contributed by atoms with Gasteiger partial charge in [0.1, 0.15) is 6.61 Å². The molecule has 0 aliphatic carbocycles. The van der Waals surface area contributed by atoms with E-state index in [9.17, 15) is 4.79 Å². The summed E-state index contributed by atoms with van der Waals surface area (Å²) in [7, 11) is 0. The van der Waals surface area contributed by atoms with Crippen LogP contribution in [0.3, 0.4) is 0 Å². The van der Waals surface area contributed by atoms with E-state index in [-0.39, 0.29) is 12.5 Å². The first-order chi connectivity index (χ1) is 12.1. The number of anilines is 1. The minimum Gasteiger partial charge on any atom is -0.490 e. The van der Waals surface area contributed by atoms with Crippen LogP contribution in [-0.4, -0.2) is 19.1 Å². The third-order valence-electron chi connectivity index (χ3n) is 3.65. The Bertz CT molecular complexity index is 896. The fourth-order valence-corrected chi connectivity index (χ4v) is 2.77. The lowest BCUT2D eigenvalue weighted by Crippen LogP contribution is -2.03. The van der Waals surface area contributed by atoms with E-state index >= 15 is 0 Å². The molecule has 1 heterocycles. The van der Waals surface area contributed by atoms with Crippen molar-refractivity contribution < 1.29 is 14.3 Å². The highest BCUT2D eigenvalue weighted by Crippen LogP contribution is 2.36. The molecule has 126 valence electrons. The number of halogens is 1. The number of carbonyl (C=O) groups excluding carboxylic acids is 1. The Labute approximate surface area is 151 Å². The van der Waals surface area contributed by atoms with Gasteiger partial charge in [-0.2, -0.15) is 0 Å². The number of hydrogen-bond acceptors (Lipinski definition) is 3. The number of nitrogens with one attached hydrogen (secondary N) is 1. The van der Waals surface area contributed by atoms with Gasteiger partial charge in [0.05, 0.1) is 12.3 Å². The van der Waals surface area contributed by atoms with Crippen LogP contribution in [0.4, 0.5) is 5.69 Å². The molecule has 0 bridgehead atoms. The lowest BCUT2D eigenvalue weighted by atomic mass is 10.0. The number of hydrogen-bond donors (Lipinski definition) is 1. The average molecular weight is 354 g/mol. The first-order valence-corrected chi connectivity index (χ1v) is 8.16. The Morgan fingerprint density at radius 1 is 1.20 bits per heavy atom. The van der Waals surface area contributed by atoms with Gasteiger partial charge in [-0.1, -0.05) is 29.7 Å². The van der Waals surface area contributed by atoms with Gasteiger partial charge in [0, 0.05) is 16.2 Å². The van der Waals surface area contributed by atoms with E-state index in [4.69, 9.17) is 27.5 Å². The molecule has 0 atom stereocenters. The van der Waals surface area contributed by atoms with E-state index in [1.54, 1.807) is 18.2 Å². The van der Waals surface area contributed by atoms with Crippen molar-refractivity contribution in [2.45, 2.75) is 6.92 Å². The van der Waals surface area contributed by atoms with Crippen LogP contribution in [0.1, 0.15) is 18.1 Å². The van der Waals surface area contributed by atoms with Gasteiger partial charge in [0.25, 0.3) is 5.91 Å². The van der Waals surface area contributed by atoms with Gasteiger partial charge in [-0.25, -0.2) is 0 Å². The lowest BCUT2D eigenvalue weighted by molar-refractivity contribution is -0.110. The normalized spacial score (nSPS) is 14.0. The second-order valence-corrected chi connectivity index (χ2v) is 5.77. The van der Waals surface area contributed by atoms with E-state index in [1.807, 2.05) is 31.2 Å². The highest BCUT2D eigenvalue weighted by molar-refractivity contribution is 6.36. The monoisotopic (exact) mass is 353 g/mol. The summed E-state index contributed by atoms with van der Waals surface area (Å²) < 4.78 is 11.1. The molecule has 5 heteroatoms. The number of rotatable bonds is 5. The third-order valence-corrected chi connectivity index (χ3v) is 3.89. The van der Waals surface area contributed by atoms with Crippen LogP contribution in [0.25, 0.3) is 11.6 Å². The Kier molecular flexibility index (Phi) is 4.97. The smallest absolute Gasteiger partial charge is 0.256 e. The first-order valence-electron chi connectivity index (χ1n) is 7.78. The molecule has 0 aromatic heterocycles.